The number of nitrogens with zero attached hydrogens (tertiary/aromatic N) is 1. The van der Waals surface area contributed by atoms with Crippen LogP contribution in [0.25, 0.3) is 0 Å². The zero-order valence-corrected chi connectivity index (χ0v) is 12.2. The highest BCUT2D eigenvalue weighted by Gasteiger charge is 2.13. The lowest BCUT2D eigenvalue weighted by atomic mass is 10.1. The lowest BCUT2D eigenvalue weighted by Gasteiger charge is -2.04. The van der Waals surface area contributed by atoms with Gasteiger partial charge in [-0.1, -0.05) is 29.8 Å². The van der Waals surface area contributed by atoms with E-state index in [1.165, 1.54) is 6.07 Å². The number of aromatic amines is 1. The molecule has 0 fully saturated rings. The number of halogens is 1. The fourth-order valence-corrected chi connectivity index (χ4v) is 1.93. The maximum atomic E-state index is 12.0. The van der Waals surface area contributed by atoms with Gasteiger partial charge in [-0.15, -0.1) is 0 Å². The van der Waals surface area contributed by atoms with Gasteiger partial charge in [-0.05, 0) is 24.1 Å². The van der Waals surface area contributed by atoms with E-state index in [0.717, 1.165) is 5.69 Å². The minimum Gasteiger partial charge on any atom is -0.507 e. The Bertz CT molecular complexity index is 608. The van der Waals surface area contributed by atoms with Gasteiger partial charge in [0, 0.05) is 16.2 Å². The average molecular weight is 324 g/mol. The molecule has 1 aromatic heterocycles. The molecule has 0 saturated carbocycles. The Morgan fingerprint density at radius 1 is 1.42 bits per heavy atom. The van der Waals surface area contributed by atoms with Crippen molar-refractivity contribution in [1.29, 1.82) is 0 Å². The highest BCUT2D eigenvalue weighted by atomic mass is 79.9. The molecule has 0 radical (unpaired) electrons. The number of benzene rings is 1. The minimum absolute atomic E-state index is 0.0773. The maximum absolute atomic E-state index is 12.0. The second-order valence-electron chi connectivity index (χ2n) is 4.48. The van der Waals surface area contributed by atoms with Crippen LogP contribution in [0, 0.1) is 0 Å². The predicted octanol–water partition coefficient (Wildman–Crippen LogP) is 3.25. The summed E-state index contributed by atoms with van der Waals surface area (Å²) in [7, 11) is 0. The van der Waals surface area contributed by atoms with Gasteiger partial charge in [0.05, 0.1) is 5.56 Å². The topological polar surface area (TPSA) is 78.0 Å². The van der Waals surface area contributed by atoms with Crippen LogP contribution in [0.2, 0.25) is 0 Å². The number of hydrogen-bond donors (Lipinski definition) is 3. The fraction of sp³-hybridized carbons (Fsp3) is 0.231. The Kier molecular flexibility index (Phi) is 3.90. The summed E-state index contributed by atoms with van der Waals surface area (Å²) >= 11 is 3.22. The number of H-pyrrole nitrogens is 1. The number of amides is 1. The largest absolute Gasteiger partial charge is 0.507 e. The highest BCUT2D eigenvalue weighted by molar-refractivity contribution is 9.10. The van der Waals surface area contributed by atoms with Crippen LogP contribution in [0.3, 0.4) is 0 Å². The Hall–Kier alpha value is -1.82. The number of anilines is 1. The average Bonchev–Trinajstić information content (AvgIpc) is 2.77. The van der Waals surface area contributed by atoms with Crippen molar-refractivity contribution in [1.82, 2.24) is 10.2 Å². The van der Waals surface area contributed by atoms with E-state index in [4.69, 9.17) is 0 Å². The second kappa shape index (κ2) is 5.44. The summed E-state index contributed by atoms with van der Waals surface area (Å²) in [5.74, 6) is 0.272. The van der Waals surface area contributed by atoms with Gasteiger partial charge in [-0.2, -0.15) is 5.10 Å². The van der Waals surface area contributed by atoms with Gasteiger partial charge in [0.2, 0.25) is 0 Å². The Labute approximate surface area is 119 Å². The number of carbonyl (C=O) groups excluding carboxylic acids is 1. The standard InChI is InChI=1S/C13H14BrN3O2/c1-7(2)10-6-12(17-16-10)15-13(19)9-4-3-8(14)5-11(9)18/h3-7,18H,1-2H3,(H2,15,16,17,19). The van der Waals surface area contributed by atoms with Crippen LogP contribution in [-0.2, 0) is 0 Å². The van der Waals surface area contributed by atoms with Crippen molar-refractivity contribution in [2.75, 3.05) is 5.32 Å². The summed E-state index contributed by atoms with van der Waals surface area (Å²) in [6.45, 7) is 4.05. The third-order valence-electron chi connectivity index (χ3n) is 2.67. The van der Waals surface area contributed by atoms with E-state index in [9.17, 15) is 9.90 Å². The van der Waals surface area contributed by atoms with Crippen LogP contribution in [0.5, 0.6) is 5.75 Å². The van der Waals surface area contributed by atoms with Crippen LogP contribution in [0.1, 0.15) is 35.8 Å². The molecule has 0 aliphatic carbocycles. The van der Waals surface area contributed by atoms with E-state index in [1.807, 2.05) is 13.8 Å². The first-order valence-corrected chi connectivity index (χ1v) is 6.62. The summed E-state index contributed by atoms with van der Waals surface area (Å²) in [5, 5.41) is 19.2. The molecule has 19 heavy (non-hydrogen) atoms. The summed E-state index contributed by atoms with van der Waals surface area (Å²) < 4.78 is 0.711. The van der Waals surface area contributed by atoms with E-state index >= 15 is 0 Å². The molecule has 0 atom stereocenters. The smallest absolute Gasteiger partial charge is 0.260 e. The van der Waals surface area contributed by atoms with Crippen LogP contribution in [0.15, 0.2) is 28.7 Å². The predicted molar refractivity (Wildman–Crippen MR) is 76.4 cm³/mol. The molecule has 2 aromatic rings. The molecule has 100 valence electrons. The van der Waals surface area contributed by atoms with Gasteiger partial charge < -0.3 is 10.4 Å². The molecule has 0 unspecified atom stereocenters. The molecule has 1 aromatic carbocycles. The number of phenols is 1. The van der Waals surface area contributed by atoms with E-state index in [-0.39, 0.29) is 11.3 Å². The Morgan fingerprint density at radius 2 is 2.16 bits per heavy atom. The molecule has 3 N–H and O–H groups in total. The third-order valence-corrected chi connectivity index (χ3v) is 3.16. The van der Waals surface area contributed by atoms with Crippen molar-refractivity contribution < 1.29 is 9.90 Å². The quantitative estimate of drug-likeness (QED) is 0.811. The zero-order valence-electron chi connectivity index (χ0n) is 10.6. The van der Waals surface area contributed by atoms with E-state index in [2.05, 4.69) is 31.4 Å². The van der Waals surface area contributed by atoms with Crippen LogP contribution in [-0.4, -0.2) is 21.2 Å². The van der Waals surface area contributed by atoms with Crippen molar-refractivity contribution in [2.45, 2.75) is 19.8 Å². The third kappa shape index (κ3) is 3.14. The van der Waals surface area contributed by atoms with Gasteiger partial charge in [0.15, 0.2) is 5.82 Å². The molecule has 1 heterocycles. The van der Waals surface area contributed by atoms with Crippen LogP contribution in [0.4, 0.5) is 5.82 Å². The van der Waals surface area contributed by atoms with Crippen molar-refractivity contribution >= 4 is 27.7 Å². The number of phenolic OH excluding ortho intramolecular Hbond substituents is 1. The number of hydrogen-bond acceptors (Lipinski definition) is 3. The summed E-state index contributed by atoms with van der Waals surface area (Å²) in [4.78, 5) is 12.0. The van der Waals surface area contributed by atoms with Crippen molar-refractivity contribution in [3.8, 4) is 5.75 Å². The van der Waals surface area contributed by atoms with Crippen molar-refractivity contribution in [3.05, 3.63) is 40.0 Å². The molecular weight excluding hydrogens is 310 g/mol. The molecule has 5 nitrogen and oxygen atoms in total. The molecule has 1 amide bonds. The van der Waals surface area contributed by atoms with Gasteiger partial charge in [-0.3, -0.25) is 9.89 Å². The first-order valence-electron chi connectivity index (χ1n) is 5.82. The number of carbonyl (C=O) groups is 1. The lowest BCUT2D eigenvalue weighted by Crippen LogP contribution is -2.12. The van der Waals surface area contributed by atoms with Gasteiger partial charge in [0.1, 0.15) is 5.75 Å². The summed E-state index contributed by atoms with van der Waals surface area (Å²) in [6, 6.07) is 6.49. The fourth-order valence-electron chi connectivity index (χ4n) is 1.58. The molecule has 0 aliphatic heterocycles. The maximum Gasteiger partial charge on any atom is 0.260 e. The normalized spacial score (nSPS) is 10.7. The SMILES string of the molecule is CC(C)c1cc(NC(=O)c2ccc(Br)cc2O)n[nH]1. The van der Waals surface area contributed by atoms with E-state index in [1.54, 1.807) is 18.2 Å². The number of aromatic hydroxyl groups is 1. The molecule has 0 aliphatic rings. The molecular formula is C13H14BrN3O2. The monoisotopic (exact) mass is 323 g/mol. The lowest BCUT2D eigenvalue weighted by molar-refractivity contribution is 0.102. The second-order valence-corrected chi connectivity index (χ2v) is 5.39. The van der Waals surface area contributed by atoms with E-state index < -0.39 is 5.91 Å². The number of rotatable bonds is 3. The van der Waals surface area contributed by atoms with Crippen LogP contribution >= 0.6 is 15.9 Å². The highest BCUT2D eigenvalue weighted by Crippen LogP contribution is 2.23. The summed E-state index contributed by atoms with van der Waals surface area (Å²) in [5.41, 5.74) is 1.15. The Balaban J connectivity index is 2.16. The van der Waals surface area contributed by atoms with Gasteiger partial charge in [0.25, 0.3) is 5.91 Å². The van der Waals surface area contributed by atoms with Gasteiger partial charge in [-0.25, -0.2) is 0 Å². The Morgan fingerprint density at radius 3 is 2.74 bits per heavy atom. The van der Waals surface area contributed by atoms with Gasteiger partial charge >= 0.3 is 0 Å². The van der Waals surface area contributed by atoms with Crippen molar-refractivity contribution in [3.63, 3.8) is 0 Å². The summed E-state index contributed by atoms with van der Waals surface area (Å²) in [6.07, 6.45) is 0. The zero-order chi connectivity index (χ0) is 14.0. The molecule has 0 spiro atoms. The molecule has 0 saturated heterocycles. The molecule has 6 heteroatoms. The molecule has 0 bridgehead atoms. The van der Waals surface area contributed by atoms with Crippen molar-refractivity contribution in [2.24, 2.45) is 0 Å². The minimum atomic E-state index is -0.396. The van der Waals surface area contributed by atoms with E-state index in [0.29, 0.717) is 16.2 Å². The number of nitrogens with one attached hydrogen (secondary N) is 2. The molecule has 2 rings (SSSR count). The van der Waals surface area contributed by atoms with Crippen LogP contribution < -0.4 is 5.32 Å². The first-order chi connectivity index (χ1) is 8.97. The number of aromatic nitrogens is 2. The first kappa shape index (κ1) is 13.6.